The summed E-state index contributed by atoms with van der Waals surface area (Å²) in [4.78, 5) is 10.6. The van der Waals surface area contributed by atoms with E-state index in [0.29, 0.717) is 8.26 Å². The van der Waals surface area contributed by atoms with E-state index in [2.05, 4.69) is 31.9 Å². The molecule has 0 atom stereocenters. The molecule has 60 valence electrons. The lowest BCUT2D eigenvalue weighted by molar-refractivity contribution is 0.0702. The number of carboxylic acids is 1. The molecule has 1 rings (SSSR count). The van der Waals surface area contributed by atoms with Crippen LogP contribution in [0.2, 0.25) is 5.02 Å². The summed E-state index contributed by atoms with van der Waals surface area (Å²) in [5.74, 6) is -1.01. The van der Waals surface area contributed by atoms with Crippen LogP contribution >= 0.6 is 54.8 Å². The minimum atomic E-state index is -1.01. The molecular formula is C5HBr2ClO2S. The lowest BCUT2D eigenvalue weighted by atomic mass is 10.5. The second-order valence-electron chi connectivity index (χ2n) is 1.64. The SMILES string of the molecule is O=C(O)c1sc(Br)c(Br)c1Cl. The summed E-state index contributed by atoms with van der Waals surface area (Å²) >= 11 is 13.0. The predicted molar refractivity (Wildman–Crippen MR) is 51.7 cm³/mol. The molecule has 0 aromatic carbocycles. The minimum absolute atomic E-state index is 0.144. The summed E-state index contributed by atoms with van der Waals surface area (Å²) in [6, 6.07) is 0. The first-order valence-electron chi connectivity index (χ1n) is 2.40. The summed E-state index contributed by atoms with van der Waals surface area (Å²) in [7, 11) is 0. The van der Waals surface area contributed by atoms with Crippen LogP contribution in [0.5, 0.6) is 0 Å². The summed E-state index contributed by atoms with van der Waals surface area (Å²) < 4.78 is 1.29. The highest BCUT2D eigenvalue weighted by Gasteiger charge is 2.17. The van der Waals surface area contributed by atoms with Crippen molar-refractivity contribution >= 4 is 60.8 Å². The maximum absolute atomic E-state index is 10.5. The van der Waals surface area contributed by atoms with Gasteiger partial charge in [0.25, 0.3) is 0 Å². The average molecular weight is 320 g/mol. The van der Waals surface area contributed by atoms with Crippen molar-refractivity contribution in [3.05, 3.63) is 18.2 Å². The molecule has 11 heavy (non-hydrogen) atoms. The van der Waals surface area contributed by atoms with E-state index in [1.807, 2.05) is 0 Å². The van der Waals surface area contributed by atoms with Crippen LogP contribution in [-0.2, 0) is 0 Å². The van der Waals surface area contributed by atoms with E-state index >= 15 is 0 Å². The number of carboxylic acid groups (broad SMARTS) is 1. The van der Waals surface area contributed by atoms with Crippen molar-refractivity contribution in [2.45, 2.75) is 0 Å². The molecule has 1 aromatic heterocycles. The molecule has 0 spiro atoms. The van der Waals surface area contributed by atoms with Gasteiger partial charge in [-0.15, -0.1) is 11.3 Å². The van der Waals surface area contributed by atoms with E-state index in [1.54, 1.807) is 0 Å². The average Bonchev–Trinajstić information content (AvgIpc) is 2.17. The van der Waals surface area contributed by atoms with Crippen molar-refractivity contribution < 1.29 is 9.90 Å². The third-order valence-corrected chi connectivity index (χ3v) is 5.10. The van der Waals surface area contributed by atoms with Crippen molar-refractivity contribution in [1.29, 1.82) is 0 Å². The first kappa shape index (κ1) is 9.51. The zero-order valence-corrected chi connectivity index (χ0v) is 9.64. The fourth-order valence-electron chi connectivity index (χ4n) is 0.503. The predicted octanol–water partition coefficient (Wildman–Crippen LogP) is 3.62. The number of carbonyl (C=O) groups is 1. The van der Waals surface area contributed by atoms with Crippen LogP contribution in [0.15, 0.2) is 8.26 Å². The van der Waals surface area contributed by atoms with Crippen molar-refractivity contribution in [3.63, 3.8) is 0 Å². The van der Waals surface area contributed by atoms with Gasteiger partial charge in [-0.2, -0.15) is 0 Å². The summed E-state index contributed by atoms with van der Waals surface area (Å²) in [5.41, 5.74) is 0. The van der Waals surface area contributed by atoms with E-state index in [4.69, 9.17) is 16.7 Å². The van der Waals surface area contributed by atoms with E-state index in [-0.39, 0.29) is 9.90 Å². The molecule has 0 unspecified atom stereocenters. The van der Waals surface area contributed by atoms with Gasteiger partial charge in [0, 0.05) is 0 Å². The second-order valence-corrected chi connectivity index (χ2v) is 5.15. The summed E-state index contributed by atoms with van der Waals surface area (Å²) in [6.45, 7) is 0. The highest BCUT2D eigenvalue weighted by Crippen LogP contribution is 2.40. The van der Waals surface area contributed by atoms with E-state index in [0.717, 1.165) is 11.3 Å². The van der Waals surface area contributed by atoms with Crippen LogP contribution in [0, 0.1) is 0 Å². The highest BCUT2D eigenvalue weighted by atomic mass is 79.9. The zero-order valence-electron chi connectivity index (χ0n) is 4.90. The molecule has 0 radical (unpaired) electrons. The normalized spacial score (nSPS) is 10.1. The number of thiophene rings is 1. The molecule has 0 saturated carbocycles. The van der Waals surface area contributed by atoms with Crippen LogP contribution in [0.4, 0.5) is 0 Å². The van der Waals surface area contributed by atoms with E-state index in [9.17, 15) is 4.79 Å². The first-order valence-corrected chi connectivity index (χ1v) is 5.18. The first-order chi connectivity index (χ1) is 5.04. The van der Waals surface area contributed by atoms with Crippen LogP contribution in [0.25, 0.3) is 0 Å². The van der Waals surface area contributed by atoms with Gasteiger partial charge in [-0.05, 0) is 31.9 Å². The van der Waals surface area contributed by atoms with Crippen molar-refractivity contribution in [1.82, 2.24) is 0 Å². The van der Waals surface area contributed by atoms with Gasteiger partial charge in [0.2, 0.25) is 0 Å². The number of hydrogen-bond donors (Lipinski definition) is 1. The maximum atomic E-state index is 10.5. The minimum Gasteiger partial charge on any atom is -0.477 e. The quantitative estimate of drug-likeness (QED) is 0.858. The van der Waals surface area contributed by atoms with Gasteiger partial charge in [-0.1, -0.05) is 11.6 Å². The van der Waals surface area contributed by atoms with Gasteiger partial charge in [0.05, 0.1) is 13.3 Å². The largest absolute Gasteiger partial charge is 0.477 e. The van der Waals surface area contributed by atoms with Gasteiger partial charge in [0.15, 0.2) is 0 Å². The van der Waals surface area contributed by atoms with Crippen molar-refractivity contribution in [2.24, 2.45) is 0 Å². The van der Waals surface area contributed by atoms with Gasteiger partial charge in [-0.3, -0.25) is 0 Å². The molecular weight excluding hydrogens is 319 g/mol. The molecule has 0 fully saturated rings. The van der Waals surface area contributed by atoms with Crippen LogP contribution in [0.1, 0.15) is 9.67 Å². The Kier molecular flexibility index (Phi) is 2.96. The maximum Gasteiger partial charge on any atom is 0.347 e. The molecule has 0 amide bonds. The Morgan fingerprint density at radius 3 is 2.27 bits per heavy atom. The highest BCUT2D eigenvalue weighted by molar-refractivity contribution is 9.13. The Morgan fingerprint density at radius 2 is 2.09 bits per heavy atom. The fourth-order valence-corrected chi connectivity index (χ4v) is 2.87. The third kappa shape index (κ3) is 1.77. The Bertz CT molecular complexity index is 310. The molecule has 0 aliphatic heterocycles. The Morgan fingerprint density at radius 1 is 1.55 bits per heavy atom. The fraction of sp³-hybridized carbons (Fsp3) is 0. The van der Waals surface area contributed by atoms with Gasteiger partial charge < -0.3 is 5.11 Å². The molecule has 1 heterocycles. The topological polar surface area (TPSA) is 37.3 Å². The molecule has 0 bridgehead atoms. The number of hydrogen-bond acceptors (Lipinski definition) is 2. The van der Waals surface area contributed by atoms with Crippen LogP contribution in [0.3, 0.4) is 0 Å². The second kappa shape index (κ2) is 3.43. The molecule has 1 N–H and O–H groups in total. The lowest BCUT2D eigenvalue weighted by Gasteiger charge is -1.86. The molecule has 0 aliphatic rings. The van der Waals surface area contributed by atoms with E-state index in [1.165, 1.54) is 0 Å². The van der Waals surface area contributed by atoms with Gasteiger partial charge in [-0.25, -0.2) is 4.79 Å². The molecule has 2 nitrogen and oxygen atoms in total. The van der Waals surface area contributed by atoms with Crippen molar-refractivity contribution in [2.75, 3.05) is 0 Å². The molecule has 6 heteroatoms. The van der Waals surface area contributed by atoms with Crippen LogP contribution in [-0.4, -0.2) is 11.1 Å². The standard InChI is InChI=1S/C5HBr2ClO2S/c6-1-2(8)3(5(9)10)11-4(1)7/h(H,9,10). The Hall–Kier alpha value is 0.420. The van der Waals surface area contributed by atoms with E-state index < -0.39 is 5.97 Å². The monoisotopic (exact) mass is 318 g/mol. The molecule has 0 saturated heterocycles. The number of rotatable bonds is 1. The summed E-state index contributed by atoms with van der Waals surface area (Å²) in [6.07, 6.45) is 0. The third-order valence-electron chi connectivity index (χ3n) is 0.951. The molecule has 1 aromatic rings. The smallest absolute Gasteiger partial charge is 0.347 e. The zero-order chi connectivity index (χ0) is 8.59. The van der Waals surface area contributed by atoms with Crippen LogP contribution < -0.4 is 0 Å². The van der Waals surface area contributed by atoms with Crippen molar-refractivity contribution in [3.8, 4) is 0 Å². The van der Waals surface area contributed by atoms with Gasteiger partial charge in [0.1, 0.15) is 4.88 Å². The Balaban J connectivity index is 3.29. The Labute approximate surface area is 88.4 Å². The summed E-state index contributed by atoms with van der Waals surface area (Å²) in [5, 5.41) is 8.83. The molecule has 0 aliphatic carbocycles. The number of halogens is 3. The number of aromatic carboxylic acids is 1. The lowest BCUT2D eigenvalue weighted by Crippen LogP contribution is -1.91. The van der Waals surface area contributed by atoms with Gasteiger partial charge >= 0.3 is 5.97 Å².